The summed E-state index contributed by atoms with van der Waals surface area (Å²) in [5.74, 6) is -1.82. The van der Waals surface area contributed by atoms with Crippen LogP contribution in [0.2, 0.25) is 0 Å². The molecule has 0 amide bonds. The molecule has 0 fully saturated rings. The first kappa shape index (κ1) is 12.4. The van der Waals surface area contributed by atoms with Crippen molar-refractivity contribution >= 4 is 5.90 Å². The predicted molar refractivity (Wildman–Crippen MR) is 69.0 cm³/mol. The number of aryl methyl sites for hydroxylation is 1. The third-order valence-corrected chi connectivity index (χ3v) is 3.47. The summed E-state index contributed by atoms with van der Waals surface area (Å²) in [5.41, 5.74) is 1.72. The van der Waals surface area contributed by atoms with Gasteiger partial charge in [0.2, 0.25) is 11.8 Å². The van der Waals surface area contributed by atoms with Crippen molar-refractivity contribution in [2.75, 3.05) is 0 Å². The highest BCUT2D eigenvalue weighted by Gasteiger charge is 2.40. The molecule has 100 valence electrons. The van der Waals surface area contributed by atoms with Crippen molar-refractivity contribution in [3.05, 3.63) is 46.9 Å². The van der Waals surface area contributed by atoms with Crippen LogP contribution in [0.1, 0.15) is 22.7 Å². The van der Waals surface area contributed by atoms with Gasteiger partial charge in [0.15, 0.2) is 0 Å². The van der Waals surface area contributed by atoms with Crippen LogP contribution < -0.4 is 4.74 Å². The van der Waals surface area contributed by atoms with Gasteiger partial charge >= 0.3 is 0 Å². The summed E-state index contributed by atoms with van der Waals surface area (Å²) in [7, 11) is 0. The smallest absolute Gasteiger partial charge is 0.243 e. The zero-order valence-electron chi connectivity index (χ0n) is 10.6. The Morgan fingerprint density at radius 3 is 2.90 bits per heavy atom. The van der Waals surface area contributed by atoms with E-state index in [1.165, 1.54) is 6.07 Å². The van der Waals surface area contributed by atoms with Crippen LogP contribution in [0.15, 0.2) is 24.3 Å². The van der Waals surface area contributed by atoms with Gasteiger partial charge in [0, 0.05) is 17.2 Å². The summed E-state index contributed by atoms with van der Waals surface area (Å²) in [6.07, 6.45) is 0. The van der Waals surface area contributed by atoms with E-state index in [1.807, 2.05) is 6.07 Å². The maximum absolute atomic E-state index is 14.1. The highest BCUT2D eigenvalue weighted by molar-refractivity contribution is 5.84. The predicted octanol–water partition coefficient (Wildman–Crippen LogP) is 2.50. The number of nitrogens with zero attached hydrogens (tertiary/aromatic N) is 2. The number of rotatable bonds is 1. The zero-order valence-corrected chi connectivity index (χ0v) is 10.6. The molecule has 0 spiro atoms. The highest BCUT2D eigenvalue weighted by Crippen LogP contribution is 2.43. The first-order valence-corrected chi connectivity index (χ1v) is 6.08. The van der Waals surface area contributed by atoms with Crippen molar-refractivity contribution in [1.82, 2.24) is 10.2 Å². The van der Waals surface area contributed by atoms with Crippen LogP contribution in [0.5, 0.6) is 5.88 Å². The molecule has 2 aromatic rings. The van der Waals surface area contributed by atoms with E-state index >= 15 is 0 Å². The van der Waals surface area contributed by atoms with Gasteiger partial charge in [-0.1, -0.05) is 18.2 Å². The fourth-order valence-electron chi connectivity index (χ4n) is 2.54. The van der Waals surface area contributed by atoms with Gasteiger partial charge in [-0.2, -0.15) is 5.26 Å². The number of aromatic nitrogens is 2. The molecule has 1 aromatic heterocycles. The summed E-state index contributed by atoms with van der Waals surface area (Å²) in [5, 5.41) is 23.9. The molecule has 20 heavy (non-hydrogen) atoms. The van der Waals surface area contributed by atoms with Gasteiger partial charge in [0.25, 0.3) is 0 Å². The molecule has 2 N–H and O–H groups in total. The molecule has 2 heterocycles. The second-order valence-corrected chi connectivity index (χ2v) is 4.64. The summed E-state index contributed by atoms with van der Waals surface area (Å²) >= 11 is 0. The number of aromatic amines is 1. The molecule has 0 aliphatic carbocycles. The summed E-state index contributed by atoms with van der Waals surface area (Å²) in [6.45, 7) is 1.78. The molecule has 2 unspecified atom stereocenters. The third kappa shape index (κ3) is 1.67. The Hall–Kier alpha value is -2.68. The van der Waals surface area contributed by atoms with Crippen molar-refractivity contribution in [2.24, 2.45) is 5.92 Å². The number of ether oxygens (including phenoxy) is 1. The van der Waals surface area contributed by atoms with Crippen LogP contribution in [-0.4, -0.2) is 16.1 Å². The summed E-state index contributed by atoms with van der Waals surface area (Å²) in [6, 6.07) is 8.30. The average molecular weight is 270 g/mol. The van der Waals surface area contributed by atoms with Gasteiger partial charge in [-0.3, -0.25) is 10.5 Å². The largest absolute Gasteiger partial charge is 0.422 e. The molecule has 0 radical (unpaired) electrons. The molecule has 0 bridgehead atoms. The van der Waals surface area contributed by atoms with E-state index in [9.17, 15) is 9.65 Å². The standard InChI is InChI=1S/C14H11FN4O/c1-7-11-12(8-4-2-3-5-10(8)15)9(6-16)13(17)20-14(11)19-18-7/h2-5,9,12,17H,1H3,(H,18,19). The normalized spacial score (nSPS) is 20.9. The summed E-state index contributed by atoms with van der Waals surface area (Å²) in [4.78, 5) is 0. The van der Waals surface area contributed by atoms with E-state index in [2.05, 4.69) is 10.2 Å². The van der Waals surface area contributed by atoms with E-state index in [-0.39, 0.29) is 11.8 Å². The van der Waals surface area contributed by atoms with E-state index in [4.69, 9.17) is 10.1 Å². The van der Waals surface area contributed by atoms with Crippen LogP contribution in [0.25, 0.3) is 0 Å². The number of hydrogen-bond acceptors (Lipinski definition) is 4. The topological polar surface area (TPSA) is 85.5 Å². The number of H-pyrrole nitrogens is 1. The van der Waals surface area contributed by atoms with Crippen molar-refractivity contribution < 1.29 is 9.13 Å². The number of benzene rings is 1. The van der Waals surface area contributed by atoms with Crippen LogP contribution >= 0.6 is 0 Å². The molecule has 0 saturated heterocycles. The Morgan fingerprint density at radius 1 is 1.45 bits per heavy atom. The van der Waals surface area contributed by atoms with Crippen LogP contribution in [-0.2, 0) is 0 Å². The van der Waals surface area contributed by atoms with E-state index in [0.717, 1.165) is 0 Å². The van der Waals surface area contributed by atoms with E-state index < -0.39 is 17.7 Å². The monoisotopic (exact) mass is 270 g/mol. The minimum atomic E-state index is -0.865. The molecule has 0 saturated carbocycles. The number of halogens is 1. The van der Waals surface area contributed by atoms with Gasteiger partial charge in [-0.05, 0) is 18.6 Å². The van der Waals surface area contributed by atoms with Crippen molar-refractivity contribution in [2.45, 2.75) is 12.8 Å². The van der Waals surface area contributed by atoms with Crippen molar-refractivity contribution in [3.8, 4) is 11.9 Å². The summed E-state index contributed by atoms with van der Waals surface area (Å²) < 4.78 is 19.3. The highest BCUT2D eigenvalue weighted by atomic mass is 19.1. The van der Waals surface area contributed by atoms with Crippen molar-refractivity contribution in [1.29, 1.82) is 10.7 Å². The Balaban J connectivity index is 2.25. The maximum atomic E-state index is 14.1. The number of fused-ring (bicyclic) bond motifs is 1. The fraction of sp³-hybridized carbons (Fsp3) is 0.214. The van der Waals surface area contributed by atoms with Gasteiger partial charge in [0.1, 0.15) is 11.7 Å². The molecule has 5 nitrogen and oxygen atoms in total. The average Bonchev–Trinajstić information content (AvgIpc) is 2.79. The van der Waals surface area contributed by atoms with Gasteiger partial charge in [-0.15, -0.1) is 5.10 Å². The zero-order chi connectivity index (χ0) is 14.3. The molecule has 2 atom stereocenters. The lowest BCUT2D eigenvalue weighted by Gasteiger charge is -2.27. The number of nitrogens with one attached hydrogen (secondary N) is 2. The quantitative estimate of drug-likeness (QED) is 0.834. The lowest BCUT2D eigenvalue weighted by atomic mass is 9.79. The Morgan fingerprint density at radius 2 is 2.20 bits per heavy atom. The molecule has 1 aliphatic rings. The second-order valence-electron chi connectivity index (χ2n) is 4.64. The first-order chi connectivity index (χ1) is 9.63. The molecular weight excluding hydrogens is 259 g/mol. The van der Waals surface area contributed by atoms with Crippen molar-refractivity contribution in [3.63, 3.8) is 0 Å². The van der Waals surface area contributed by atoms with E-state index in [1.54, 1.807) is 25.1 Å². The number of hydrogen-bond donors (Lipinski definition) is 2. The number of nitriles is 1. The Bertz CT molecular complexity index is 731. The molecule has 3 rings (SSSR count). The SMILES string of the molecule is Cc1[nH]nc2c1C(c1ccccc1F)C(C#N)C(=N)O2. The minimum absolute atomic E-state index is 0.209. The first-order valence-electron chi connectivity index (χ1n) is 6.08. The van der Waals surface area contributed by atoms with Gasteiger partial charge in [0.05, 0.1) is 6.07 Å². The Kier molecular flexibility index (Phi) is 2.75. The van der Waals surface area contributed by atoms with Gasteiger partial charge in [-0.25, -0.2) is 4.39 Å². The van der Waals surface area contributed by atoms with Crippen LogP contribution in [0.3, 0.4) is 0 Å². The molecular formula is C14H11FN4O. The van der Waals surface area contributed by atoms with E-state index in [0.29, 0.717) is 16.8 Å². The lowest BCUT2D eigenvalue weighted by Crippen LogP contribution is -2.31. The molecule has 6 heteroatoms. The lowest BCUT2D eigenvalue weighted by molar-refractivity contribution is 0.431. The molecule has 1 aliphatic heterocycles. The fourth-order valence-corrected chi connectivity index (χ4v) is 2.54. The molecule has 1 aromatic carbocycles. The second kappa shape index (κ2) is 4.46. The van der Waals surface area contributed by atoms with Crippen LogP contribution in [0, 0.1) is 35.4 Å². The van der Waals surface area contributed by atoms with Gasteiger partial charge < -0.3 is 4.74 Å². The minimum Gasteiger partial charge on any atom is -0.422 e. The Labute approximate surface area is 114 Å². The third-order valence-electron chi connectivity index (χ3n) is 3.47. The van der Waals surface area contributed by atoms with Crippen LogP contribution in [0.4, 0.5) is 4.39 Å². The maximum Gasteiger partial charge on any atom is 0.243 e.